The van der Waals surface area contributed by atoms with Gasteiger partial charge in [-0.2, -0.15) is 0 Å². The zero-order valence-electron chi connectivity index (χ0n) is 13.5. The van der Waals surface area contributed by atoms with Crippen LogP contribution in [0, 0.1) is 5.92 Å². The van der Waals surface area contributed by atoms with Crippen molar-refractivity contribution in [3.63, 3.8) is 0 Å². The van der Waals surface area contributed by atoms with E-state index in [1.165, 1.54) is 0 Å². The van der Waals surface area contributed by atoms with Crippen LogP contribution in [-0.2, 0) is 9.84 Å². The molecule has 0 heterocycles. The summed E-state index contributed by atoms with van der Waals surface area (Å²) in [4.78, 5) is 0.457. The van der Waals surface area contributed by atoms with Crippen LogP contribution in [-0.4, -0.2) is 20.7 Å². The molecule has 4 heteroatoms. The molecule has 1 aromatic rings. The van der Waals surface area contributed by atoms with Crippen LogP contribution >= 0.6 is 0 Å². The lowest BCUT2D eigenvalue weighted by molar-refractivity contribution is 0.497. The Kier molecular flexibility index (Phi) is 7.40. The summed E-state index contributed by atoms with van der Waals surface area (Å²) in [6.07, 6.45) is 3.79. The van der Waals surface area contributed by atoms with E-state index in [1.54, 1.807) is 6.07 Å². The predicted molar refractivity (Wildman–Crippen MR) is 89.3 cm³/mol. The lowest BCUT2D eigenvalue weighted by atomic mass is 9.98. The van der Waals surface area contributed by atoms with Gasteiger partial charge in [-0.05, 0) is 48.9 Å². The van der Waals surface area contributed by atoms with Crippen LogP contribution in [0.3, 0.4) is 0 Å². The van der Waals surface area contributed by atoms with Crippen LogP contribution in [0.2, 0.25) is 0 Å². The van der Waals surface area contributed by atoms with Crippen LogP contribution < -0.4 is 5.73 Å². The lowest BCUT2D eigenvalue weighted by Gasteiger charge is -2.16. The summed E-state index contributed by atoms with van der Waals surface area (Å²) < 4.78 is 25.2. The monoisotopic (exact) mass is 311 g/mol. The molecule has 0 aliphatic rings. The molecule has 3 nitrogen and oxygen atoms in total. The Labute approximate surface area is 129 Å². The summed E-state index contributed by atoms with van der Waals surface area (Å²) in [7, 11) is -3.20. The van der Waals surface area contributed by atoms with Gasteiger partial charge in [-0.3, -0.25) is 0 Å². The number of rotatable bonds is 9. The van der Waals surface area contributed by atoms with E-state index in [-0.39, 0.29) is 11.7 Å². The summed E-state index contributed by atoms with van der Waals surface area (Å²) in [5.74, 6) is 0.805. The minimum atomic E-state index is -3.20. The first-order valence-corrected chi connectivity index (χ1v) is 9.62. The third-order valence-corrected chi connectivity index (χ3v) is 6.00. The van der Waals surface area contributed by atoms with Gasteiger partial charge < -0.3 is 5.73 Å². The average molecular weight is 311 g/mol. The van der Waals surface area contributed by atoms with E-state index in [0.717, 1.165) is 31.2 Å². The molecule has 2 unspecified atom stereocenters. The first-order valence-electron chi connectivity index (χ1n) is 7.97. The van der Waals surface area contributed by atoms with Gasteiger partial charge in [0.15, 0.2) is 9.84 Å². The molecule has 0 bridgehead atoms. The number of benzene rings is 1. The Morgan fingerprint density at radius 1 is 1.19 bits per heavy atom. The van der Waals surface area contributed by atoms with Gasteiger partial charge in [-0.15, -0.1) is 0 Å². The first-order chi connectivity index (χ1) is 9.94. The van der Waals surface area contributed by atoms with Gasteiger partial charge >= 0.3 is 0 Å². The summed E-state index contributed by atoms with van der Waals surface area (Å²) in [6.45, 7) is 6.87. The quantitative estimate of drug-likeness (QED) is 0.755. The van der Waals surface area contributed by atoms with Gasteiger partial charge in [0.25, 0.3) is 0 Å². The second kappa shape index (κ2) is 8.54. The Morgan fingerprint density at radius 3 is 2.48 bits per heavy atom. The predicted octanol–water partition coefficient (Wildman–Crippen LogP) is 3.74. The van der Waals surface area contributed by atoms with Gasteiger partial charge in [0.05, 0.1) is 10.6 Å². The molecule has 2 N–H and O–H groups in total. The second-order valence-electron chi connectivity index (χ2n) is 5.90. The van der Waals surface area contributed by atoms with Crippen molar-refractivity contribution in [3.05, 3.63) is 29.8 Å². The van der Waals surface area contributed by atoms with E-state index in [1.807, 2.05) is 18.2 Å². The molecule has 0 fully saturated rings. The van der Waals surface area contributed by atoms with Crippen molar-refractivity contribution < 1.29 is 8.42 Å². The van der Waals surface area contributed by atoms with Crippen molar-refractivity contribution >= 4 is 9.84 Å². The van der Waals surface area contributed by atoms with Crippen molar-refractivity contribution in [1.82, 2.24) is 0 Å². The molecule has 0 aliphatic carbocycles. The number of hydrogen-bond acceptors (Lipinski definition) is 3. The normalized spacial score (nSPS) is 14.9. The van der Waals surface area contributed by atoms with Crippen LogP contribution in [0.4, 0.5) is 0 Å². The third kappa shape index (κ3) is 5.44. The third-order valence-electron chi connectivity index (χ3n) is 4.12. The fourth-order valence-electron chi connectivity index (χ4n) is 2.65. The Hall–Kier alpha value is -0.870. The van der Waals surface area contributed by atoms with Gasteiger partial charge in [0, 0.05) is 0 Å². The Bertz CT molecular complexity index is 525. The van der Waals surface area contributed by atoms with Crippen LogP contribution in [0.1, 0.15) is 57.9 Å². The Balaban J connectivity index is 2.95. The van der Waals surface area contributed by atoms with Gasteiger partial charge in [-0.25, -0.2) is 8.42 Å². The maximum Gasteiger partial charge on any atom is 0.178 e. The summed E-state index contributed by atoms with van der Waals surface area (Å²) in [5, 5.41) is 0. The van der Waals surface area contributed by atoms with Crippen LogP contribution in [0.15, 0.2) is 29.2 Å². The van der Waals surface area contributed by atoms with E-state index in [2.05, 4.69) is 20.8 Å². The molecule has 21 heavy (non-hydrogen) atoms. The minimum absolute atomic E-state index is 0.255. The molecule has 0 aromatic heterocycles. The summed E-state index contributed by atoms with van der Waals surface area (Å²) in [5.41, 5.74) is 6.65. The zero-order chi connectivity index (χ0) is 15.9. The number of nitrogens with two attached hydrogens (primary N) is 1. The second-order valence-corrected chi connectivity index (χ2v) is 7.93. The van der Waals surface area contributed by atoms with E-state index in [9.17, 15) is 8.42 Å². The fraction of sp³-hybridized carbons (Fsp3) is 0.647. The van der Waals surface area contributed by atoms with Crippen molar-refractivity contribution in [2.45, 2.75) is 57.3 Å². The molecular formula is C17H29NO2S. The van der Waals surface area contributed by atoms with Crippen LogP contribution in [0.25, 0.3) is 0 Å². The molecule has 0 spiro atoms. The highest BCUT2D eigenvalue weighted by Gasteiger charge is 2.20. The SMILES string of the molecule is CCCC(CC)CS(=O)(=O)c1cccc(C(C)CCN)c1. The standard InChI is InChI=1S/C17H29NO2S/c1-4-7-15(5-2)13-21(19,20)17-9-6-8-16(12-17)14(3)10-11-18/h6,8-9,12,14-15H,4-5,7,10-11,13,18H2,1-3H3. The van der Waals surface area contributed by atoms with Crippen LogP contribution in [0.5, 0.6) is 0 Å². The highest BCUT2D eigenvalue weighted by atomic mass is 32.2. The van der Waals surface area contributed by atoms with E-state index in [0.29, 0.717) is 17.4 Å². The molecule has 0 amide bonds. The molecule has 1 aromatic carbocycles. The summed E-state index contributed by atoms with van der Waals surface area (Å²) >= 11 is 0. The number of sulfone groups is 1. The summed E-state index contributed by atoms with van der Waals surface area (Å²) in [6, 6.07) is 7.37. The molecule has 0 radical (unpaired) electrons. The molecule has 2 atom stereocenters. The van der Waals surface area contributed by atoms with Gasteiger partial charge in [0.2, 0.25) is 0 Å². The van der Waals surface area contributed by atoms with E-state index < -0.39 is 9.84 Å². The first kappa shape index (κ1) is 18.2. The van der Waals surface area contributed by atoms with Crippen molar-refractivity contribution in [1.29, 1.82) is 0 Å². The molecule has 0 aliphatic heterocycles. The maximum absolute atomic E-state index is 12.6. The number of hydrogen-bond donors (Lipinski definition) is 1. The zero-order valence-corrected chi connectivity index (χ0v) is 14.3. The van der Waals surface area contributed by atoms with Crippen molar-refractivity contribution in [2.24, 2.45) is 11.7 Å². The fourth-order valence-corrected chi connectivity index (χ4v) is 4.47. The van der Waals surface area contributed by atoms with E-state index in [4.69, 9.17) is 5.73 Å². The van der Waals surface area contributed by atoms with Crippen molar-refractivity contribution in [2.75, 3.05) is 12.3 Å². The maximum atomic E-state index is 12.6. The van der Waals surface area contributed by atoms with Crippen molar-refractivity contribution in [3.8, 4) is 0 Å². The van der Waals surface area contributed by atoms with Gasteiger partial charge in [0.1, 0.15) is 0 Å². The van der Waals surface area contributed by atoms with Gasteiger partial charge in [-0.1, -0.05) is 45.7 Å². The smallest absolute Gasteiger partial charge is 0.178 e. The highest BCUT2D eigenvalue weighted by Crippen LogP contribution is 2.24. The molecular weight excluding hydrogens is 282 g/mol. The molecule has 0 saturated heterocycles. The molecule has 1 rings (SSSR count). The van der Waals surface area contributed by atoms with E-state index >= 15 is 0 Å². The lowest BCUT2D eigenvalue weighted by Crippen LogP contribution is -2.16. The minimum Gasteiger partial charge on any atom is -0.330 e. The molecule has 0 saturated carbocycles. The highest BCUT2D eigenvalue weighted by molar-refractivity contribution is 7.91. The average Bonchev–Trinajstić information content (AvgIpc) is 2.47. The molecule has 120 valence electrons. The largest absolute Gasteiger partial charge is 0.330 e. The topological polar surface area (TPSA) is 60.2 Å². The Morgan fingerprint density at radius 2 is 1.90 bits per heavy atom.